The zero-order valence-corrected chi connectivity index (χ0v) is 17.5. The molecule has 3 heterocycles. The highest BCUT2D eigenvalue weighted by Gasteiger charge is 2.31. The topological polar surface area (TPSA) is 83.0 Å². The molecule has 0 bridgehead atoms. The summed E-state index contributed by atoms with van der Waals surface area (Å²) < 4.78 is 11.9. The Morgan fingerprint density at radius 1 is 1.03 bits per heavy atom. The van der Waals surface area contributed by atoms with Crippen LogP contribution in [0.25, 0.3) is 16.9 Å². The molecule has 5 rings (SSSR count). The number of anilines is 1. The van der Waals surface area contributed by atoms with Gasteiger partial charge in [-0.2, -0.15) is 4.99 Å². The Balaban J connectivity index is 1.65. The fraction of sp³-hybridized carbons (Fsp3) is 0.304. The number of carbonyl (C=O) groups is 1. The van der Waals surface area contributed by atoms with Crippen molar-refractivity contribution in [2.24, 2.45) is 4.99 Å². The number of amides is 2. The number of urea groups is 1. The average molecular weight is 404 g/mol. The highest BCUT2D eigenvalue weighted by atomic mass is 16.5. The number of benzene rings is 2. The molecule has 0 spiro atoms. The van der Waals surface area contributed by atoms with Crippen molar-refractivity contribution in [3.05, 3.63) is 58.3 Å². The molecule has 7 heteroatoms. The van der Waals surface area contributed by atoms with E-state index in [1.807, 2.05) is 39.0 Å². The maximum atomic E-state index is 12.4. The zero-order chi connectivity index (χ0) is 21.0. The molecule has 7 nitrogen and oxygen atoms in total. The molecule has 1 atom stereocenters. The van der Waals surface area contributed by atoms with Crippen molar-refractivity contribution in [1.29, 1.82) is 0 Å². The number of nitrogens with zero attached hydrogens (tertiary/aromatic N) is 2. The third kappa shape index (κ3) is 2.98. The van der Waals surface area contributed by atoms with Gasteiger partial charge in [0.05, 0.1) is 17.4 Å². The second-order valence-corrected chi connectivity index (χ2v) is 8.05. The van der Waals surface area contributed by atoms with Gasteiger partial charge in [-0.15, -0.1) is 0 Å². The van der Waals surface area contributed by atoms with E-state index in [4.69, 9.17) is 8.83 Å². The fourth-order valence-corrected chi connectivity index (χ4v) is 4.33. The first-order valence-electron chi connectivity index (χ1n) is 10.1. The first-order valence-corrected chi connectivity index (χ1v) is 10.1. The van der Waals surface area contributed by atoms with E-state index < -0.39 is 0 Å². The Morgan fingerprint density at radius 2 is 1.73 bits per heavy atom. The molecule has 0 saturated heterocycles. The molecule has 0 fully saturated rings. The van der Waals surface area contributed by atoms with E-state index in [0.717, 1.165) is 33.8 Å². The monoisotopic (exact) mass is 404 g/mol. The summed E-state index contributed by atoms with van der Waals surface area (Å²) in [6.07, 6.45) is 2.03. The second-order valence-electron chi connectivity index (χ2n) is 8.05. The minimum absolute atomic E-state index is 0.0187. The fourth-order valence-electron chi connectivity index (χ4n) is 4.33. The lowest BCUT2D eigenvalue weighted by molar-refractivity contribution is 0.208. The number of aryl methyl sites for hydroxylation is 3. The van der Waals surface area contributed by atoms with E-state index in [1.165, 1.54) is 5.56 Å². The Labute approximate surface area is 174 Å². The number of carbonyl (C=O) groups excluding carboxylic acids is 1. The highest BCUT2D eigenvalue weighted by Crippen LogP contribution is 2.35. The molecule has 0 radical (unpaired) electrons. The highest BCUT2D eigenvalue weighted by molar-refractivity contribution is 5.94. The Kier molecular flexibility index (Phi) is 4.20. The lowest BCUT2D eigenvalue weighted by Crippen LogP contribution is -2.48. The zero-order valence-electron chi connectivity index (χ0n) is 17.5. The summed E-state index contributed by atoms with van der Waals surface area (Å²) in [5.74, 6) is 0.209. The summed E-state index contributed by atoms with van der Waals surface area (Å²) in [5.41, 5.74) is 8.12. The molecule has 0 aliphatic carbocycles. The molecular weight excluding hydrogens is 380 g/mol. The minimum atomic E-state index is -0.0834. The van der Waals surface area contributed by atoms with Crippen LogP contribution in [-0.2, 0) is 0 Å². The molecule has 154 valence electrons. The van der Waals surface area contributed by atoms with Gasteiger partial charge >= 0.3 is 11.8 Å². The molecule has 2 amide bonds. The van der Waals surface area contributed by atoms with Crippen molar-refractivity contribution in [3.8, 4) is 0 Å². The molecule has 2 aliphatic rings. The maximum Gasteiger partial charge on any atom is 0.400 e. The second kappa shape index (κ2) is 6.79. The van der Waals surface area contributed by atoms with E-state index in [9.17, 15) is 4.79 Å². The van der Waals surface area contributed by atoms with Crippen molar-refractivity contribution in [2.45, 2.75) is 33.7 Å². The van der Waals surface area contributed by atoms with Crippen LogP contribution in [0.3, 0.4) is 0 Å². The standard InChI is InChI=1S/C23H24N4O3/c1-12-7-13(2)21(14(3)8-12)26-23-29-19-9-16-17(10-20(19)30-23)25-11-15(4)27-18(16)5-6-24-22(27)28/h5,7-10,15,25H,6,11H2,1-4H3,(H,24,28). The van der Waals surface area contributed by atoms with Crippen molar-refractivity contribution in [1.82, 2.24) is 10.2 Å². The summed E-state index contributed by atoms with van der Waals surface area (Å²) in [7, 11) is 0. The van der Waals surface area contributed by atoms with Crippen molar-refractivity contribution < 1.29 is 13.6 Å². The van der Waals surface area contributed by atoms with Crippen LogP contribution in [0.5, 0.6) is 0 Å². The SMILES string of the molecule is Cc1cc(C)c(N=c2oc3cc4c(cc3o2)C2=CCNC(=O)N2C(C)CN4)c(C)c1. The smallest absolute Gasteiger partial charge is 0.400 e. The first kappa shape index (κ1) is 18.5. The molecular formula is C23H24N4O3. The van der Waals surface area contributed by atoms with Gasteiger partial charge in [0, 0.05) is 30.4 Å². The lowest BCUT2D eigenvalue weighted by Gasteiger charge is -2.32. The van der Waals surface area contributed by atoms with E-state index in [1.54, 1.807) is 4.90 Å². The van der Waals surface area contributed by atoms with Crippen LogP contribution in [0.15, 0.2) is 44.2 Å². The van der Waals surface area contributed by atoms with E-state index in [0.29, 0.717) is 24.3 Å². The number of hydrogen-bond acceptors (Lipinski definition) is 5. The van der Waals surface area contributed by atoms with Gasteiger partial charge in [-0.05, 0) is 51.0 Å². The molecule has 2 aromatic carbocycles. The molecule has 30 heavy (non-hydrogen) atoms. The third-order valence-electron chi connectivity index (χ3n) is 5.65. The van der Waals surface area contributed by atoms with Gasteiger partial charge in [0.15, 0.2) is 11.2 Å². The van der Waals surface area contributed by atoms with Crippen LogP contribution >= 0.6 is 0 Å². The summed E-state index contributed by atoms with van der Waals surface area (Å²) in [5, 5.41) is 6.31. The van der Waals surface area contributed by atoms with Gasteiger partial charge in [-0.3, -0.25) is 4.90 Å². The van der Waals surface area contributed by atoms with Crippen LogP contribution in [0.1, 0.15) is 29.2 Å². The van der Waals surface area contributed by atoms with Gasteiger partial charge in [-0.25, -0.2) is 4.79 Å². The Morgan fingerprint density at radius 3 is 2.47 bits per heavy atom. The van der Waals surface area contributed by atoms with Gasteiger partial charge in [-0.1, -0.05) is 17.7 Å². The van der Waals surface area contributed by atoms with Crippen LogP contribution < -0.4 is 16.4 Å². The van der Waals surface area contributed by atoms with E-state index in [2.05, 4.69) is 34.7 Å². The predicted octanol–water partition coefficient (Wildman–Crippen LogP) is 4.36. The number of hydrogen-bond donors (Lipinski definition) is 2. The average Bonchev–Trinajstić information content (AvgIpc) is 3.03. The van der Waals surface area contributed by atoms with Crippen molar-refractivity contribution in [2.75, 3.05) is 18.4 Å². The largest absolute Gasteiger partial charge is 0.407 e. The molecule has 2 N–H and O–H groups in total. The Hall–Kier alpha value is -3.48. The van der Waals surface area contributed by atoms with Crippen molar-refractivity contribution >= 4 is 34.3 Å². The van der Waals surface area contributed by atoms with E-state index in [-0.39, 0.29) is 17.8 Å². The molecule has 3 aromatic rings. The molecule has 1 unspecified atom stereocenters. The molecule has 2 aliphatic heterocycles. The normalized spacial score (nSPS) is 19.0. The summed E-state index contributed by atoms with van der Waals surface area (Å²) >= 11 is 0. The quantitative estimate of drug-likeness (QED) is 0.631. The van der Waals surface area contributed by atoms with Gasteiger partial charge in [0.25, 0.3) is 0 Å². The number of rotatable bonds is 1. The predicted molar refractivity (Wildman–Crippen MR) is 116 cm³/mol. The number of nitrogens with one attached hydrogen (secondary N) is 2. The lowest BCUT2D eigenvalue weighted by atomic mass is 10.1. The Bertz CT molecular complexity index is 1260. The van der Waals surface area contributed by atoms with Crippen LogP contribution in [-0.4, -0.2) is 30.1 Å². The van der Waals surface area contributed by atoms with Gasteiger partial charge in [0.1, 0.15) is 0 Å². The molecule has 0 saturated carbocycles. The van der Waals surface area contributed by atoms with Gasteiger partial charge < -0.3 is 19.5 Å². The summed E-state index contributed by atoms with van der Waals surface area (Å²) in [6.45, 7) is 9.30. The minimum Gasteiger partial charge on any atom is -0.407 e. The van der Waals surface area contributed by atoms with Crippen LogP contribution in [0.2, 0.25) is 0 Å². The maximum absolute atomic E-state index is 12.4. The molecule has 1 aromatic heterocycles. The van der Waals surface area contributed by atoms with E-state index >= 15 is 0 Å². The van der Waals surface area contributed by atoms with Crippen molar-refractivity contribution in [3.63, 3.8) is 0 Å². The van der Waals surface area contributed by atoms with Crippen LogP contribution in [0, 0.1) is 20.8 Å². The first-order chi connectivity index (χ1) is 14.4. The third-order valence-corrected chi connectivity index (χ3v) is 5.65. The van der Waals surface area contributed by atoms with Gasteiger partial charge in [0.2, 0.25) is 0 Å². The number of fused-ring (bicyclic) bond motifs is 4. The van der Waals surface area contributed by atoms with Crippen LogP contribution in [0.4, 0.5) is 16.2 Å². The summed E-state index contributed by atoms with van der Waals surface area (Å²) in [4.78, 5) is 18.9. The summed E-state index contributed by atoms with van der Waals surface area (Å²) in [6, 6.07) is 7.97.